The van der Waals surface area contributed by atoms with Gasteiger partial charge in [-0.3, -0.25) is 0 Å². The van der Waals surface area contributed by atoms with Crippen LogP contribution in [0.1, 0.15) is 18.7 Å². The van der Waals surface area contributed by atoms with E-state index >= 15 is 0 Å². The number of nitrogens with one attached hydrogen (secondary N) is 1. The van der Waals surface area contributed by atoms with Crippen molar-refractivity contribution in [3.63, 3.8) is 0 Å². The number of hydrogen-bond donors (Lipinski definition) is 1. The first kappa shape index (κ1) is 18.0. The molecule has 3 heterocycles. The average molecular weight is 387 g/mol. The lowest BCUT2D eigenvalue weighted by Crippen LogP contribution is -2.40. The summed E-state index contributed by atoms with van der Waals surface area (Å²) in [5.74, 6) is 1.38. The Morgan fingerprint density at radius 2 is 1.93 bits per heavy atom. The first-order chi connectivity index (χ1) is 13.0. The van der Waals surface area contributed by atoms with Crippen LogP contribution >= 0.6 is 0 Å². The van der Waals surface area contributed by atoms with Crippen molar-refractivity contribution in [2.24, 2.45) is 0 Å². The summed E-state index contributed by atoms with van der Waals surface area (Å²) in [5.41, 5.74) is 0.834. The minimum Gasteiger partial charge on any atom is -0.459 e. The summed E-state index contributed by atoms with van der Waals surface area (Å²) in [7, 11) is -3.53. The first-order valence-corrected chi connectivity index (χ1v) is 10.3. The third-order valence-corrected chi connectivity index (χ3v) is 6.46. The van der Waals surface area contributed by atoms with Crippen LogP contribution in [-0.4, -0.2) is 44.0 Å². The van der Waals surface area contributed by atoms with Crippen molar-refractivity contribution in [1.82, 2.24) is 9.29 Å². The van der Waals surface area contributed by atoms with Gasteiger partial charge in [0.05, 0.1) is 19.3 Å². The summed E-state index contributed by atoms with van der Waals surface area (Å²) in [4.78, 5) is 4.46. The molecule has 1 saturated heterocycles. The number of para-hydroxylation sites is 1. The van der Waals surface area contributed by atoms with Crippen LogP contribution in [0.25, 0.3) is 11.0 Å². The van der Waals surface area contributed by atoms with Crippen molar-refractivity contribution in [3.05, 3.63) is 54.4 Å². The van der Waals surface area contributed by atoms with Crippen LogP contribution in [0.5, 0.6) is 0 Å². The van der Waals surface area contributed by atoms with Crippen LogP contribution < -0.4 is 5.32 Å². The number of anilines is 1. The van der Waals surface area contributed by atoms with Crippen molar-refractivity contribution < 1.29 is 17.6 Å². The van der Waals surface area contributed by atoms with Gasteiger partial charge in [-0.1, -0.05) is 18.2 Å². The van der Waals surface area contributed by atoms with Gasteiger partial charge in [0.15, 0.2) is 0 Å². The number of nitrogens with zero attached hydrogens (tertiary/aromatic N) is 2. The van der Waals surface area contributed by atoms with Crippen LogP contribution in [0, 0.1) is 0 Å². The zero-order chi connectivity index (χ0) is 18.9. The number of rotatable bonds is 5. The summed E-state index contributed by atoms with van der Waals surface area (Å²) in [6, 6.07) is 13.0. The van der Waals surface area contributed by atoms with Crippen LogP contribution in [0.15, 0.2) is 58.0 Å². The van der Waals surface area contributed by atoms with Crippen LogP contribution in [0.4, 0.5) is 5.82 Å². The van der Waals surface area contributed by atoms with Crippen LogP contribution in [0.2, 0.25) is 0 Å². The molecule has 8 heteroatoms. The largest absolute Gasteiger partial charge is 0.459 e. The molecule has 7 nitrogen and oxygen atoms in total. The standard InChI is InChI=1S/C19H21N3O4S/c1-14(18-12-15-4-2-3-5-17(15)26-18)21-19-7-6-16(13-20-19)27(23,24)22-8-10-25-11-9-22/h2-7,12-14H,8-11H2,1H3,(H,20,21)/t14-/m1/s1. The van der Waals surface area contributed by atoms with Crippen molar-refractivity contribution in [2.45, 2.75) is 17.9 Å². The van der Waals surface area contributed by atoms with Crippen LogP contribution in [0.3, 0.4) is 0 Å². The normalized spacial score (nSPS) is 17.1. The zero-order valence-electron chi connectivity index (χ0n) is 15.0. The number of benzene rings is 1. The molecule has 27 heavy (non-hydrogen) atoms. The molecule has 0 spiro atoms. The van der Waals surface area contributed by atoms with Gasteiger partial charge in [-0.05, 0) is 31.2 Å². The maximum atomic E-state index is 12.6. The molecule has 2 aromatic heterocycles. The fourth-order valence-corrected chi connectivity index (χ4v) is 4.42. The SMILES string of the molecule is C[C@@H](Nc1ccc(S(=O)(=O)N2CCOCC2)cn1)c1cc2ccccc2o1. The lowest BCUT2D eigenvalue weighted by Gasteiger charge is -2.25. The van der Waals surface area contributed by atoms with Gasteiger partial charge in [0.1, 0.15) is 22.1 Å². The van der Waals surface area contributed by atoms with Gasteiger partial charge in [0.25, 0.3) is 0 Å². The Hall–Kier alpha value is -2.42. The van der Waals surface area contributed by atoms with E-state index in [2.05, 4.69) is 10.3 Å². The first-order valence-electron chi connectivity index (χ1n) is 8.83. The number of hydrogen-bond acceptors (Lipinski definition) is 6. The van der Waals surface area contributed by atoms with E-state index in [9.17, 15) is 8.42 Å². The van der Waals surface area contributed by atoms with Crippen molar-refractivity contribution in [1.29, 1.82) is 0 Å². The smallest absolute Gasteiger partial charge is 0.244 e. The Morgan fingerprint density at radius 3 is 2.63 bits per heavy atom. The molecule has 0 radical (unpaired) electrons. The molecule has 142 valence electrons. The number of furan rings is 1. The number of fused-ring (bicyclic) bond motifs is 1. The lowest BCUT2D eigenvalue weighted by atomic mass is 10.2. The molecule has 4 rings (SSSR count). The predicted octanol–water partition coefficient (Wildman–Crippen LogP) is 3.02. The van der Waals surface area contributed by atoms with E-state index in [1.807, 2.05) is 37.3 Å². The minimum absolute atomic E-state index is 0.105. The Kier molecular flexibility index (Phi) is 4.86. The summed E-state index contributed by atoms with van der Waals surface area (Å²) in [6.45, 7) is 3.54. The Labute approximate surface area is 158 Å². The molecular weight excluding hydrogens is 366 g/mol. The van der Waals surface area contributed by atoms with Gasteiger partial charge in [-0.15, -0.1) is 0 Å². The molecule has 3 aromatic rings. The van der Waals surface area contributed by atoms with E-state index in [4.69, 9.17) is 9.15 Å². The number of ether oxygens (including phenoxy) is 1. The van der Waals surface area contributed by atoms with Crippen molar-refractivity contribution >= 4 is 26.8 Å². The highest BCUT2D eigenvalue weighted by molar-refractivity contribution is 7.89. The van der Waals surface area contributed by atoms with E-state index in [1.165, 1.54) is 10.5 Å². The molecule has 1 atom stereocenters. The fraction of sp³-hybridized carbons (Fsp3) is 0.316. The van der Waals surface area contributed by atoms with Gasteiger partial charge < -0.3 is 14.5 Å². The number of morpholine rings is 1. The van der Waals surface area contributed by atoms with Gasteiger partial charge in [0, 0.05) is 24.7 Å². The Balaban J connectivity index is 1.48. The summed E-state index contributed by atoms with van der Waals surface area (Å²) < 4.78 is 37.8. The minimum atomic E-state index is -3.53. The van der Waals surface area contributed by atoms with Gasteiger partial charge >= 0.3 is 0 Å². The molecule has 1 fully saturated rings. The molecule has 0 saturated carbocycles. The summed E-state index contributed by atoms with van der Waals surface area (Å²) >= 11 is 0. The molecular formula is C19H21N3O4S. The highest BCUT2D eigenvalue weighted by atomic mass is 32.2. The topological polar surface area (TPSA) is 84.7 Å². The molecule has 1 aliphatic rings. The molecule has 1 aliphatic heterocycles. The second-order valence-corrected chi connectivity index (χ2v) is 8.39. The van der Waals surface area contributed by atoms with Gasteiger partial charge in [0.2, 0.25) is 10.0 Å². The highest BCUT2D eigenvalue weighted by Crippen LogP contribution is 2.26. The number of pyridine rings is 1. The number of aromatic nitrogens is 1. The monoisotopic (exact) mass is 387 g/mol. The van der Waals surface area contributed by atoms with E-state index in [1.54, 1.807) is 12.1 Å². The average Bonchev–Trinajstić information content (AvgIpc) is 3.13. The second-order valence-electron chi connectivity index (χ2n) is 6.45. The Morgan fingerprint density at radius 1 is 1.15 bits per heavy atom. The van der Waals surface area contributed by atoms with Gasteiger partial charge in [-0.2, -0.15) is 4.31 Å². The highest BCUT2D eigenvalue weighted by Gasteiger charge is 2.26. The molecule has 0 amide bonds. The van der Waals surface area contributed by atoms with E-state index in [0.717, 1.165) is 16.7 Å². The van der Waals surface area contributed by atoms with E-state index in [0.29, 0.717) is 32.1 Å². The lowest BCUT2D eigenvalue weighted by molar-refractivity contribution is 0.0730. The molecule has 0 bridgehead atoms. The third kappa shape index (κ3) is 3.69. The maximum Gasteiger partial charge on any atom is 0.244 e. The summed E-state index contributed by atoms with van der Waals surface area (Å²) in [5, 5.41) is 4.29. The molecule has 0 unspecified atom stereocenters. The van der Waals surface area contributed by atoms with E-state index < -0.39 is 10.0 Å². The second kappa shape index (κ2) is 7.30. The van der Waals surface area contributed by atoms with Crippen LogP contribution in [-0.2, 0) is 14.8 Å². The quantitative estimate of drug-likeness (QED) is 0.724. The molecule has 0 aliphatic carbocycles. The van der Waals surface area contributed by atoms with Crippen molar-refractivity contribution in [2.75, 3.05) is 31.6 Å². The van der Waals surface area contributed by atoms with Gasteiger partial charge in [-0.25, -0.2) is 13.4 Å². The molecule has 1 N–H and O–H groups in total. The van der Waals surface area contributed by atoms with Crippen molar-refractivity contribution in [3.8, 4) is 0 Å². The zero-order valence-corrected chi connectivity index (χ0v) is 15.8. The Bertz CT molecular complexity index is 992. The molecule has 1 aromatic carbocycles. The third-order valence-electron chi connectivity index (χ3n) is 4.58. The summed E-state index contributed by atoms with van der Waals surface area (Å²) in [6.07, 6.45) is 1.39. The fourth-order valence-electron chi connectivity index (χ4n) is 3.06. The predicted molar refractivity (Wildman–Crippen MR) is 102 cm³/mol. The number of sulfonamides is 1. The maximum absolute atomic E-state index is 12.6. The van der Waals surface area contributed by atoms with E-state index in [-0.39, 0.29) is 10.9 Å².